The maximum atomic E-state index is 13.3. The van der Waals surface area contributed by atoms with E-state index in [1.165, 1.54) is 32.8 Å². The van der Waals surface area contributed by atoms with Crippen LogP contribution in [0.3, 0.4) is 0 Å². The minimum Gasteiger partial charge on any atom is -0.456 e. The molecule has 2 aromatic heterocycles. The summed E-state index contributed by atoms with van der Waals surface area (Å²) in [5, 5.41) is 0.676. The lowest BCUT2D eigenvalue weighted by Gasteiger charge is -2.17. The van der Waals surface area contributed by atoms with Crippen LogP contribution in [0.15, 0.2) is 35.4 Å². The summed E-state index contributed by atoms with van der Waals surface area (Å²) in [7, 11) is 1.56. The second-order valence-electron chi connectivity index (χ2n) is 7.92. The van der Waals surface area contributed by atoms with Gasteiger partial charge in [-0.25, -0.2) is 9.37 Å². The highest BCUT2D eigenvalue weighted by molar-refractivity contribution is 7.18. The number of carbonyl (C=O) groups is 2. The molecule has 168 valence electrons. The van der Waals surface area contributed by atoms with E-state index >= 15 is 0 Å². The minimum atomic E-state index is -0.572. The first-order valence-corrected chi connectivity index (χ1v) is 11.4. The standard InChI is InChI=1S/C23H24FN3O4S/c1-26(12-15-5-4-6-16(24)11-15)19(28)13-31-20(29)9-10-27-14-25-22-21(23(27)30)17-7-2-3-8-18(17)32-22/h4-6,11,14H,2-3,7-10,12-13H2,1H3. The lowest BCUT2D eigenvalue weighted by Crippen LogP contribution is -2.31. The Morgan fingerprint density at radius 1 is 1.28 bits per heavy atom. The Morgan fingerprint density at radius 2 is 2.09 bits per heavy atom. The topological polar surface area (TPSA) is 81.5 Å². The molecule has 7 nitrogen and oxygen atoms in total. The molecule has 1 aliphatic carbocycles. The van der Waals surface area contributed by atoms with E-state index in [4.69, 9.17) is 4.74 Å². The van der Waals surface area contributed by atoms with Gasteiger partial charge in [-0.1, -0.05) is 12.1 Å². The van der Waals surface area contributed by atoms with Crippen LogP contribution in [0, 0.1) is 5.82 Å². The van der Waals surface area contributed by atoms with Gasteiger partial charge in [-0.05, 0) is 48.9 Å². The van der Waals surface area contributed by atoms with Gasteiger partial charge in [0.2, 0.25) is 0 Å². The molecule has 0 fully saturated rings. The second-order valence-corrected chi connectivity index (χ2v) is 9.01. The first kappa shape index (κ1) is 22.1. The van der Waals surface area contributed by atoms with Crippen molar-refractivity contribution in [1.82, 2.24) is 14.5 Å². The molecule has 0 radical (unpaired) electrons. The molecule has 0 aliphatic heterocycles. The molecule has 0 atom stereocenters. The summed E-state index contributed by atoms with van der Waals surface area (Å²) in [6.45, 7) is -0.0619. The van der Waals surface area contributed by atoms with Crippen molar-refractivity contribution in [3.05, 3.63) is 62.8 Å². The number of ether oxygens (including phenoxy) is 1. The number of hydrogen-bond donors (Lipinski definition) is 0. The molecule has 0 spiro atoms. The van der Waals surface area contributed by atoms with Gasteiger partial charge in [-0.3, -0.25) is 19.0 Å². The van der Waals surface area contributed by atoms with E-state index in [2.05, 4.69) is 4.98 Å². The number of carbonyl (C=O) groups excluding carboxylic acids is 2. The summed E-state index contributed by atoms with van der Waals surface area (Å²) in [5.41, 5.74) is 1.62. The second kappa shape index (κ2) is 9.60. The number of nitrogens with zero attached hydrogens (tertiary/aromatic N) is 3. The van der Waals surface area contributed by atoms with Crippen molar-refractivity contribution < 1.29 is 18.7 Å². The first-order valence-electron chi connectivity index (χ1n) is 10.6. The smallest absolute Gasteiger partial charge is 0.308 e. The zero-order chi connectivity index (χ0) is 22.7. The molecule has 0 N–H and O–H groups in total. The normalized spacial score (nSPS) is 13.1. The highest BCUT2D eigenvalue weighted by atomic mass is 32.1. The van der Waals surface area contributed by atoms with Gasteiger partial charge >= 0.3 is 5.97 Å². The number of benzene rings is 1. The average molecular weight is 458 g/mol. The number of amides is 1. The Bertz CT molecular complexity index is 1220. The molecule has 4 rings (SSSR count). The summed E-state index contributed by atoms with van der Waals surface area (Å²) in [5.74, 6) is -1.34. The summed E-state index contributed by atoms with van der Waals surface area (Å²) in [6.07, 6.45) is 5.52. The molecule has 1 aromatic carbocycles. The van der Waals surface area contributed by atoms with Crippen molar-refractivity contribution in [3.8, 4) is 0 Å². The van der Waals surface area contributed by atoms with Gasteiger partial charge in [0.05, 0.1) is 18.1 Å². The van der Waals surface area contributed by atoms with Crippen molar-refractivity contribution in [3.63, 3.8) is 0 Å². The number of fused-ring (bicyclic) bond motifs is 3. The number of aryl methyl sites for hydroxylation is 3. The third kappa shape index (κ3) is 4.88. The molecule has 0 unspecified atom stereocenters. The van der Waals surface area contributed by atoms with Gasteiger partial charge in [-0.2, -0.15) is 0 Å². The predicted octanol–water partition coefficient (Wildman–Crippen LogP) is 3.07. The number of esters is 1. The van der Waals surface area contributed by atoms with Gasteiger partial charge < -0.3 is 9.64 Å². The maximum Gasteiger partial charge on any atom is 0.308 e. The quantitative estimate of drug-likeness (QED) is 0.510. The lowest BCUT2D eigenvalue weighted by atomic mass is 9.97. The van der Waals surface area contributed by atoms with E-state index in [-0.39, 0.29) is 30.9 Å². The van der Waals surface area contributed by atoms with E-state index in [9.17, 15) is 18.8 Å². The van der Waals surface area contributed by atoms with Gasteiger partial charge in [0.15, 0.2) is 6.61 Å². The Labute approximate surface area is 188 Å². The summed E-state index contributed by atoms with van der Waals surface area (Å²) in [4.78, 5) is 45.0. The molecule has 0 bridgehead atoms. The van der Waals surface area contributed by atoms with E-state index in [0.29, 0.717) is 10.9 Å². The van der Waals surface area contributed by atoms with E-state index in [1.54, 1.807) is 30.5 Å². The minimum absolute atomic E-state index is 0.0414. The van der Waals surface area contributed by atoms with Crippen LogP contribution in [0.2, 0.25) is 0 Å². The fourth-order valence-electron chi connectivity index (χ4n) is 3.87. The Balaban J connectivity index is 1.31. The summed E-state index contributed by atoms with van der Waals surface area (Å²) in [6, 6.07) is 5.97. The Kier molecular flexibility index (Phi) is 6.64. The van der Waals surface area contributed by atoms with Gasteiger partial charge in [-0.15, -0.1) is 11.3 Å². The average Bonchev–Trinajstić information content (AvgIpc) is 3.16. The van der Waals surface area contributed by atoms with Gasteiger partial charge in [0.25, 0.3) is 11.5 Å². The molecule has 2 heterocycles. The lowest BCUT2D eigenvalue weighted by molar-refractivity contribution is -0.151. The van der Waals surface area contributed by atoms with Crippen LogP contribution < -0.4 is 5.56 Å². The Hall–Kier alpha value is -3.07. The molecule has 1 amide bonds. The van der Waals surface area contributed by atoms with Crippen molar-refractivity contribution in [2.24, 2.45) is 0 Å². The summed E-state index contributed by atoms with van der Waals surface area (Å²) >= 11 is 1.58. The van der Waals surface area contributed by atoms with Crippen LogP contribution in [0.1, 0.15) is 35.3 Å². The number of thiophene rings is 1. The van der Waals surface area contributed by atoms with E-state index in [0.717, 1.165) is 36.1 Å². The zero-order valence-corrected chi connectivity index (χ0v) is 18.6. The fraction of sp³-hybridized carbons (Fsp3) is 0.391. The molecule has 3 aromatic rings. The predicted molar refractivity (Wildman–Crippen MR) is 119 cm³/mol. The van der Waals surface area contributed by atoms with Gasteiger partial charge in [0, 0.05) is 25.0 Å². The summed E-state index contributed by atoms with van der Waals surface area (Å²) < 4.78 is 19.8. The molecular formula is C23H24FN3O4S. The number of halogens is 1. The fourth-order valence-corrected chi connectivity index (χ4v) is 5.09. The van der Waals surface area contributed by atoms with Crippen LogP contribution >= 0.6 is 11.3 Å². The van der Waals surface area contributed by atoms with Crippen molar-refractivity contribution in [2.45, 2.75) is 45.2 Å². The number of rotatable bonds is 7. The first-order chi connectivity index (χ1) is 15.4. The van der Waals surface area contributed by atoms with Crippen LogP contribution in [0.4, 0.5) is 4.39 Å². The van der Waals surface area contributed by atoms with Crippen LogP contribution in [0.25, 0.3) is 10.2 Å². The van der Waals surface area contributed by atoms with Crippen LogP contribution in [-0.4, -0.2) is 40.0 Å². The molecule has 9 heteroatoms. The molecule has 0 saturated heterocycles. The largest absolute Gasteiger partial charge is 0.456 e. The highest BCUT2D eigenvalue weighted by Crippen LogP contribution is 2.33. The maximum absolute atomic E-state index is 13.3. The van der Waals surface area contributed by atoms with Crippen LogP contribution in [0.5, 0.6) is 0 Å². The zero-order valence-electron chi connectivity index (χ0n) is 17.8. The van der Waals surface area contributed by atoms with Gasteiger partial charge in [0.1, 0.15) is 10.6 Å². The Morgan fingerprint density at radius 3 is 2.91 bits per heavy atom. The number of likely N-dealkylation sites (N-methyl/N-ethyl adjacent to an activating group) is 1. The molecule has 32 heavy (non-hydrogen) atoms. The third-order valence-corrected chi connectivity index (χ3v) is 6.79. The van der Waals surface area contributed by atoms with Crippen molar-refractivity contribution in [2.75, 3.05) is 13.7 Å². The van der Waals surface area contributed by atoms with E-state index in [1.807, 2.05) is 0 Å². The molecule has 0 saturated carbocycles. The third-order valence-electron chi connectivity index (χ3n) is 5.59. The van der Waals surface area contributed by atoms with E-state index < -0.39 is 18.5 Å². The van der Waals surface area contributed by atoms with Crippen molar-refractivity contribution in [1.29, 1.82) is 0 Å². The molecular weight excluding hydrogens is 433 g/mol. The van der Waals surface area contributed by atoms with Crippen molar-refractivity contribution >= 4 is 33.4 Å². The monoisotopic (exact) mass is 457 g/mol. The number of hydrogen-bond acceptors (Lipinski definition) is 6. The number of aromatic nitrogens is 2. The SMILES string of the molecule is CN(Cc1cccc(F)c1)C(=O)COC(=O)CCn1cnc2sc3c(c2c1=O)CCCC3. The highest BCUT2D eigenvalue weighted by Gasteiger charge is 2.20. The van der Waals surface area contributed by atoms with Crippen LogP contribution in [-0.2, 0) is 40.3 Å². The molecule has 1 aliphatic rings.